The fourth-order valence-electron chi connectivity index (χ4n) is 2.38. The lowest BCUT2D eigenvalue weighted by Gasteiger charge is -2.19. The molecule has 0 unspecified atom stereocenters. The topological polar surface area (TPSA) is 62.3 Å². The standard InChI is InChI=1S/C17H17N3O2S2/c1-11(21)18-13(14-8-5-9-23-14)10-16(22)20(2)17-19-12-6-3-4-7-15(12)24-17/h3-9,13H,10H2,1-2H3,(H,18,21)/t13-/m0/s1. The van der Waals surface area contributed by atoms with Gasteiger partial charge in [-0.25, -0.2) is 4.98 Å². The highest BCUT2D eigenvalue weighted by molar-refractivity contribution is 7.22. The highest BCUT2D eigenvalue weighted by Crippen LogP contribution is 2.29. The Balaban J connectivity index is 1.77. The van der Waals surface area contributed by atoms with Gasteiger partial charge in [-0.15, -0.1) is 11.3 Å². The molecule has 0 aliphatic heterocycles. The van der Waals surface area contributed by atoms with Gasteiger partial charge in [-0.1, -0.05) is 29.5 Å². The smallest absolute Gasteiger partial charge is 0.230 e. The zero-order valence-electron chi connectivity index (χ0n) is 13.4. The summed E-state index contributed by atoms with van der Waals surface area (Å²) in [6.45, 7) is 1.46. The van der Waals surface area contributed by atoms with E-state index in [4.69, 9.17) is 0 Å². The number of aromatic nitrogens is 1. The highest BCUT2D eigenvalue weighted by Gasteiger charge is 2.22. The molecule has 1 atom stereocenters. The molecule has 2 amide bonds. The van der Waals surface area contributed by atoms with E-state index in [0.717, 1.165) is 15.1 Å². The predicted molar refractivity (Wildman–Crippen MR) is 98.5 cm³/mol. The largest absolute Gasteiger partial charge is 0.348 e. The molecule has 0 saturated carbocycles. The number of rotatable bonds is 5. The van der Waals surface area contributed by atoms with Crippen molar-refractivity contribution in [3.63, 3.8) is 0 Å². The molecule has 124 valence electrons. The maximum atomic E-state index is 12.7. The molecule has 0 spiro atoms. The van der Waals surface area contributed by atoms with Crippen LogP contribution in [0, 0.1) is 0 Å². The van der Waals surface area contributed by atoms with Gasteiger partial charge in [0, 0.05) is 18.8 Å². The van der Waals surface area contributed by atoms with Crippen LogP contribution >= 0.6 is 22.7 Å². The molecule has 0 saturated heterocycles. The molecular formula is C17H17N3O2S2. The third-order valence-corrected chi connectivity index (χ3v) is 5.69. The Morgan fingerprint density at radius 3 is 2.71 bits per heavy atom. The van der Waals surface area contributed by atoms with Crippen molar-refractivity contribution in [2.75, 3.05) is 11.9 Å². The normalized spacial score (nSPS) is 12.1. The minimum atomic E-state index is -0.313. The number of fused-ring (bicyclic) bond motifs is 1. The van der Waals surface area contributed by atoms with Gasteiger partial charge >= 0.3 is 0 Å². The SMILES string of the molecule is CC(=O)N[C@@H](CC(=O)N(C)c1nc2ccccc2s1)c1cccs1. The third kappa shape index (κ3) is 3.63. The fourth-order valence-corrected chi connectivity index (χ4v) is 4.10. The molecule has 3 aromatic rings. The molecule has 5 nitrogen and oxygen atoms in total. The Labute approximate surface area is 147 Å². The average molecular weight is 359 g/mol. The van der Waals surface area contributed by atoms with Gasteiger partial charge in [0.1, 0.15) is 0 Å². The van der Waals surface area contributed by atoms with Gasteiger partial charge in [0.15, 0.2) is 5.13 Å². The number of nitrogens with one attached hydrogen (secondary N) is 1. The van der Waals surface area contributed by atoms with Gasteiger partial charge in [-0.05, 0) is 23.6 Å². The molecule has 0 radical (unpaired) electrons. The molecule has 24 heavy (non-hydrogen) atoms. The summed E-state index contributed by atoms with van der Waals surface area (Å²) in [4.78, 5) is 31.1. The van der Waals surface area contributed by atoms with Crippen LogP contribution < -0.4 is 10.2 Å². The molecule has 0 aliphatic carbocycles. The van der Waals surface area contributed by atoms with Crippen LogP contribution in [0.3, 0.4) is 0 Å². The molecule has 2 heterocycles. The van der Waals surface area contributed by atoms with Crippen LogP contribution in [0.15, 0.2) is 41.8 Å². The summed E-state index contributed by atoms with van der Waals surface area (Å²) in [5.41, 5.74) is 0.883. The van der Waals surface area contributed by atoms with Crippen molar-refractivity contribution in [1.82, 2.24) is 10.3 Å². The van der Waals surface area contributed by atoms with Crippen molar-refractivity contribution in [1.29, 1.82) is 0 Å². The van der Waals surface area contributed by atoms with E-state index in [1.807, 2.05) is 41.8 Å². The quantitative estimate of drug-likeness (QED) is 0.757. The average Bonchev–Trinajstić information content (AvgIpc) is 3.22. The van der Waals surface area contributed by atoms with Gasteiger partial charge in [-0.3, -0.25) is 14.5 Å². The maximum absolute atomic E-state index is 12.7. The van der Waals surface area contributed by atoms with Crippen LogP contribution in [-0.4, -0.2) is 23.8 Å². The first-order chi connectivity index (χ1) is 11.5. The Bertz CT molecular complexity index is 825. The minimum absolute atomic E-state index is 0.0822. The van der Waals surface area contributed by atoms with Crippen molar-refractivity contribution in [3.05, 3.63) is 46.7 Å². The van der Waals surface area contributed by atoms with Gasteiger partial charge in [-0.2, -0.15) is 0 Å². The zero-order chi connectivity index (χ0) is 17.1. The van der Waals surface area contributed by atoms with Crippen molar-refractivity contribution < 1.29 is 9.59 Å². The minimum Gasteiger partial charge on any atom is -0.348 e. The first-order valence-electron chi connectivity index (χ1n) is 7.47. The number of amides is 2. The highest BCUT2D eigenvalue weighted by atomic mass is 32.1. The third-order valence-electron chi connectivity index (χ3n) is 3.59. The first-order valence-corrected chi connectivity index (χ1v) is 9.17. The molecule has 3 rings (SSSR count). The van der Waals surface area contributed by atoms with Crippen LogP contribution in [0.5, 0.6) is 0 Å². The van der Waals surface area contributed by atoms with Crippen LogP contribution in [-0.2, 0) is 9.59 Å². The number of thiophene rings is 1. The second-order valence-corrected chi connectivity index (χ2v) is 7.38. The Morgan fingerprint density at radius 2 is 2.04 bits per heavy atom. The summed E-state index contributed by atoms with van der Waals surface area (Å²) >= 11 is 3.01. The molecule has 7 heteroatoms. The van der Waals surface area contributed by atoms with Gasteiger partial charge in [0.2, 0.25) is 11.8 Å². The van der Waals surface area contributed by atoms with E-state index in [9.17, 15) is 9.59 Å². The summed E-state index contributed by atoms with van der Waals surface area (Å²) in [6, 6.07) is 11.3. The predicted octanol–water partition coefficient (Wildman–Crippen LogP) is 3.59. The molecule has 0 aliphatic rings. The molecule has 2 aromatic heterocycles. The molecule has 0 fully saturated rings. The van der Waals surface area contributed by atoms with Crippen molar-refractivity contribution in [2.24, 2.45) is 0 Å². The van der Waals surface area contributed by atoms with E-state index in [1.165, 1.54) is 29.6 Å². The maximum Gasteiger partial charge on any atom is 0.230 e. The lowest BCUT2D eigenvalue weighted by Crippen LogP contribution is -2.33. The van der Waals surface area contributed by atoms with E-state index in [2.05, 4.69) is 10.3 Å². The number of anilines is 1. The van der Waals surface area contributed by atoms with E-state index < -0.39 is 0 Å². The van der Waals surface area contributed by atoms with Crippen molar-refractivity contribution in [3.8, 4) is 0 Å². The van der Waals surface area contributed by atoms with Crippen LogP contribution in [0.4, 0.5) is 5.13 Å². The lowest BCUT2D eigenvalue weighted by atomic mass is 10.1. The van der Waals surface area contributed by atoms with Gasteiger partial charge in [0.05, 0.1) is 22.7 Å². The molecule has 0 bridgehead atoms. The number of nitrogens with zero attached hydrogens (tertiary/aromatic N) is 2. The monoisotopic (exact) mass is 359 g/mol. The summed E-state index contributed by atoms with van der Waals surface area (Å²) in [5, 5.41) is 5.45. The second kappa shape index (κ2) is 7.11. The number of hydrogen-bond acceptors (Lipinski definition) is 5. The molecule has 1 N–H and O–H groups in total. The van der Waals surface area contributed by atoms with E-state index in [1.54, 1.807) is 11.9 Å². The lowest BCUT2D eigenvalue weighted by molar-refractivity contribution is -0.121. The van der Waals surface area contributed by atoms with E-state index in [-0.39, 0.29) is 24.3 Å². The number of benzene rings is 1. The zero-order valence-corrected chi connectivity index (χ0v) is 15.0. The van der Waals surface area contributed by atoms with Gasteiger partial charge in [0.25, 0.3) is 0 Å². The van der Waals surface area contributed by atoms with Crippen molar-refractivity contribution in [2.45, 2.75) is 19.4 Å². The second-order valence-electron chi connectivity index (χ2n) is 5.39. The number of hydrogen-bond donors (Lipinski definition) is 1. The van der Waals surface area contributed by atoms with Gasteiger partial charge < -0.3 is 5.32 Å². The summed E-state index contributed by atoms with van der Waals surface area (Å²) < 4.78 is 1.05. The van der Waals surface area contributed by atoms with Crippen LogP contribution in [0.1, 0.15) is 24.3 Å². The number of carbonyl (C=O) groups excluding carboxylic acids is 2. The summed E-state index contributed by atoms with van der Waals surface area (Å²) in [7, 11) is 1.72. The summed E-state index contributed by atoms with van der Waals surface area (Å²) in [5.74, 6) is -0.231. The van der Waals surface area contributed by atoms with Crippen LogP contribution in [0.2, 0.25) is 0 Å². The van der Waals surface area contributed by atoms with Crippen LogP contribution in [0.25, 0.3) is 10.2 Å². The number of carbonyl (C=O) groups is 2. The van der Waals surface area contributed by atoms with Crippen molar-refractivity contribution >= 4 is 49.8 Å². The fraction of sp³-hybridized carbons (Fsp3) is 0.235. The number of thiazole rings is 1. The molecular weight excluding hydrogens is 342 g/mol. The van der Waals surface area contributed by atoms with E-state index in [0.29, 0.717) is 5.13 Å². The van der Waals surface area contributed by atoms with E-state index >= 15 is 0 Å². The first kappa shape index (κ1) is 16.6. The Kier molecular flexibility index (Phi) is 4.92. The number of para-hydroxylation sites is 1. The Hall–Kier alpha value is -2.25. The summed E-state index contributed by atoms with van der Waals surface area (Å²) in [6.07, 6.45) is 0.201. The Morgan fingerprint density at radius 1 is 1.25 bits per heavy atom. The molecule has 1 aromatic carbocycles.